The van der Waals surface area contributed by atoms with Gasteiger partial charge in [-0.05, 0) is 19.8 Å². The number of rotatable bonds is 5. The first-order chi connectivity index (χ1) is 7.20. The molecule has 0 unspecified atom stereocenters. The van der Waals surface area contributed by atoms with Gasteiger partial charge in [-0.15, -0.1) is 0 Å². The second-order valence-corrected chi connectivity index (χ2v) is 4.05. The molecule has 0 aromatic heterocycles. The Labute approximate surface area is 91.4 Å². The van der Waals surface area contributed by atoms with E-state index in [1.807, 2.05) is 0 Å². The molecule has 0 aromatic carbocycles. The third-order valence-corrected chi connectivity index (χ3v) is 2.57. The van der Waals surface area contributed by atoms with E-state index in [2.05, 4.69) is 6.58 Å². The number of carbonyl (C=O) groups is 1. The van der Waals surface area contributed by atoms with Crippen LogP contribution in [-0.2, 0) is 14.3 Å². The number of carbonyl (C=O) groups excluding carboxylic acids is 1. The summed E-state index contributed by atoms with van der Waals surface area (Å²) in [6.45, 7) is 5.99. The topological polar surface area (TPSA) is 35.5 Å². The van der Waals surface area contributed by atoms with Crippen molar-refractivity contribution in [3.8, 4) is 0 Å². The molecule has 0 amide bonds. The Balaban J connectivity index is 2.01. The maximum Gasteiger partial charge on any atom is 0.333 e. The number of esters is 1. The summed E-state index contributed by atoms with van der Waals surface area (Å²) in [4.78, 5) is 11.0. The Morgan fingerprint density at radius 2 is 1.93 bits per heavy atom. The summed E-state index contributed by atoms with van der Waals surface area (Å²) in [6, 6.07) is 0. The average molecular weight is 212 g/mol. The quantitative estimate of drug-likeness (QED) is 0.399. The van der Waals surface area contributed by atoms with Crippen LogP contribution in [0.2, 0.25) is 0 Å². The van der Waals surface area contributed by atoms with Gasteiger partial charge in [0.15, 0.2) is 0 Å². The molecule has 0 N–H and O–H groups in total. The maximum absolute atomic E-state index is 11.0. The van der Waals surface area contributed by atoms with Crippen LogP contribution in [0.15, 0.2) is 12.2 Å². The highest BCUT2D eigenvalue weighted by molar-refractivity contribution is 5.86. The summed E-state index contributed by atoms with van der Waals surface area (Å²) >= 11 is 0. The molecule has 1 aliphatic rings. The minimum atomic E-state index is -0.331. The Morgan fingerprint density at radius 1 is 1.27 bits per heavy atom. The molecule has 0 spiro atoms. The number of hydrogen-bond donors (Lipinski definition) is 0. The third kappa shape index (κ3) is 4.98. The minimum absolute atomic E-state index is 0.331. The largest absolute Gasteiger partial charge is 0.460 e. The highest BCUT2D eigenvalue weighted by Gasteiger charge is 2.13. The van der Waals surface area contributed by atoms with Gasteiger partial charge in [0.05, 0.1) is 12.7 Å². The monoisotopic (exact) mass is 212 g/mol. The van der Waals surface area contributed by atoms with Gasteiger partial charge in [0.2, 0.25) is 0 Å². The van der Waals surface area contributed by atoms with Crippen molar-refractivity contribution in [2.75, 3.05) is 13.2 Å². The second-order valence-electron chi connectivity index (χ2n) is 4.05. The minimum Gasteiger partial charge on any atom is -0.460 e. The molecule has 1 saturated carbocycles. The van der Waals surface area contributed by atoms with Crippen LogP contribution in [0.25, 0.3) is 0 Å². The van der Waals surface area contributed by atoms with Crippen molar-refractivity contribution in [2.24, 2.45) is 0 Å². The van der Waals surface area contributed by atoms with Gasteiger partial charge < -0.3 is 9.47 Å². The van der Waals surface area contributed by atoms with Gasteiger partial charge in [0.25, 0.3) is 0 Å². The molecular formula is C12H20O3. The molecule has 0 radical (unpaired) electrons. The van der Waals surface area contributed by atoms with E-state index in [9.17, 15) is 4.79 Å². The molecular weight excluding hydrogens is 192 g/mol. The summed E-state index contributed by atoms with van der Waals surface area (Å²) in [5.41, 5.74) is 0.438. The molecule has 0 bridgehead atoms. The SMILES string of the molecule is C=C(C)C(=O)OCCOC1CCCCC1. The first-order valence-corrected chi connectivity index (χ1v) is 5.64. The molecule has 3 nitrogen and oxygen atoms in total. The lowest BCUT2D eigenvalue weighted by atomic mass is 9.98. The standard InChI is InChI=1S/C12H20O3/c1-10(2)12(13)15-9-8-14-11-6-4-3-5-7-11/h11H,1,3-9H2,2H3. The zero-order valence-corrected chi connectivity index (χ0v) is 9.46. The summed E-state index contributed by atoms with van der Waals surface area (Å²) in [5, 5.41) is 0. The van der Waals surface area contributed by atoms with Crippen LogP contribution >= 0.6 is 0 Å². The molecule has 3 heteroatoms. The van der Waals surface area contributed by atoms with E-state index in [0.29, 0.717) is 24.9 Å². The Morgan fingerprint density at radius 3 is 2.53 bits per heavy atom. The number of hydrogen-bond acceptors (Lipinski definition) is 3. The van der Waals surface area contributed by atoms with Crippen molar-refractivity contribution in [1.82, 2.24) is 0 Å². The lowest BCUT2D eigenvalue weighted by Crippen LogP contribution is -2.20. The van der Waals surface area contributed by atoms with Gasteiger partial charge in [-0.25, -0.2) is 4.79 Å². The predicted molar refractivity (Wildman–Crippen MR) is 58.6 cm³/mol. The second kappa shape index (κ2) is 6.62. The highest BCUT2D eigenvalue weighted by atomic mass is 16.6. The highest BCUT2D eigenvalue weighted by Crippen LogP contribution is 2.19. The molecule has 1 aliphatic carbocycles. The summed E-state index contributed by atoms with van der Waals surface area (Å²) in [7, 11) is 0. The molecule has 0 atom stereocenters. The van der Waals surface area contributed by atoms with E-state index in [-0.39, 0.29) is 5.97 Å². The molecule has 15 heavy (non-hydrogen) atoms. The van der Waals surface area contributed by atoms with Gasteiger partial charge in [-0.1, -0.05) is 25.8 Å². The van der Waals surface area contributed by atoms with Crippen molar-refractivity contribution in [1.29, 1.82) is 0 Å². The fourth-order valence-corrected chi connectivity index (χ4v) is 1.70. The molecule has 0 aromatic rings. The van der Waals surface area contributed by atoms with Gasteiger partial charge >= 0.3 is 5.97 Å². The first-order valence-electron chi connectivity index (χ1n) is 5.64. The van der Waals surface area contributed by atoms with Crippen LogP contribution in [0, 0.1) is 0 Å². The summed E-state index contributed by atoms with van der Waals surface area (Å²) in [5.74, 6) is -0.331. The van der Waals surface area contributed by atoms with Gasteiger partial charge in [-0.2, -0.15) is 0 Å². The summed E-state index contributed by atoms with van der Waals surface area (Å²) in [6.07, 6.45) is 6.52. The summed E-state index contributed by atoms with van der Waals surface area (Å²) < 4.78 is 10.5. The van der Waals surface area contributed by atoms with E-state index in [1.54, 1.807) is 6.92 Å². The van der Waals surface area contributed by atoms with Gasteiger partial charge in [0, 0.05) is 5.57 Å². The zero-order valence-electron chi connectivity index (χ0n) is 9.46. The Hall–Kier alpha value is -0.830. The van der Waals surface area contributed by atoms with Crippen LogP contribution in [0.4, 0.5) is 0 Å². The van der Waals surface area contributed by atoms with E-state index < -0.39 is 0 Å². The van der Waals surface area contributed by atoms with Gasteiger partial charge in [-0.3, -0.25) is 0 Å². The molecule has 1 fully saturated rings. The molecule has 1 rings (SSSR count). The lowest BCUT2D eigenvalue weighted by molar-refractivity contribution is -0.141. The Kier molecular flexibility index (Phi) is 5.40. The zero-order chi connectivity index (χ0) is 11.1. The molecule has 86 valence electrons. The van der Waals surface area contributed by atoms with Crippen LogP contribution in [-0.4, -0.2) is 25.3 Å². The van der Waals surface area contributed by atoms with E-state index in [4.69, 9.17) is 9.47 Å². The molecule has 0 saturated heterocycles. The molecule has 0 heterocycles. The lowest BCUT2D eigenvalue weighted by Gasteiger charge is -2.21. The normalized spacial score (nSPS) is 17.4. The van der Waals surface area contributed by atoms with Crippen LogP contribution in [0.3, 0.4) is 0 Å². The van der Waals surface area contributed by atoms with Crippen LogP contribution in [0.5, 0.6) is 0 Å². The van der Waals surface area contributed by atoms with E-state index >= 15 is 0 Å². The smallest absolute Gasteiger partial charge is 0.333 e. The van der Waals surface area contributed by atoms with Crippen LogP contribution in [0.1, 0.15) is 39.0 Å². The fourth-order valence-electron chi connectivity index (χ4n) is 1.70. The maximum atomic E-state index is 11.0. The predicted octanol–water partition coefficient (Wildman–Crippen LogP) is 2.46. The molecule has 0 aliphatic heterocycles. The van der Waals surface area contributed by atoms with E-state index in [1.165, 1.54) is 19.3 Å². The van der Waals surface area contributed by atoms with Crippen molar-refractivity contribution in [3.05, 3.63) is 12.2 Å². The van der Waals surface area contributed by atoms with Crippen LogP contribution < -0.4 is 0 Å². The van der Waals surface area contributed by atoms with Crippen molar-refractivity contribution in [3.63, 3.8) is 0 Å². The van der Waals surface area contributed by atoms with E-state index in [0.717, 1.165) is 12.8 Å². The van der Waals surface area contributed by atoms with Crippen molar-refractivity contribution >= 4 is 5.97 Å². The van der Waals surface area contributed by atoms with Gasteiger partial charge in [0.1, 0.15) is 6.61 Å². The Bertz CT molecular complexity index is 217. The first kappa shape index (κ1) is 12.2. The van der Waals surface area contributed by atoms with Crippen molar-refractivity contribution in [2.45, 2.75) is 45.1 Å². The number of ether oxygens (including phenoxy) is 2. The fraction of sp³-hybridized carbons (Fsp3) is 0.750. The van der Waals surface area contributed by atoms with Crippen molar-refractivity contribution < 1.29 is 14.3 Å². The third-order valence-electron chi connectivity index (χ3n) is 2.57. The average Bonchev–Trinajstić information content (AvgIpc) is 2.25.